The molecular formula is C9H7N5O. The van der Waals surface area contributed by atoms with Gasteiger partial charge in [0, 0.05) is 4.91 Å². The lowest BCUT2D eigenvalue weighted by Gasteiger charge is -2.02. The molecule has 0 aliphatic heterocycles. The van der Waals surface area contributed by atoms with E-state index < -0.39 is 0 Å². The number of hydrogen-bond donors (Lipinski definition) is 1. The number of fused-ring (bicyclic) bond motifs is 1. The number of rotatable bonds is 1. The number of aromatic nitrogens is 2. The molecule has 0 aliphatic rings. The van der Waals surface area contributed by atoms with Crippen molar-refractivity contribution in [3.8, 4) is 0 Å². The Balaban J connectivity index is 3.04. The minimum absolute atomic E-state index is 0.300. The van der Waals surface area contributed by atoms with E-state index in [2.05, 4.69) is 20.0 Å². The van der Waals surface area contributed by atoms with Crippen molar-refractivity contribution < 1.29 is 0 Å². The minimum atomic E-state index is -0.300. The molecule has 1 aromatic carbocycles. The summed E-state index contributed by atoms with van der Waals surface area (Å²) in [6.45, 7) is 1.77. The predicted octanol–water partition coefficient (Wildman–Crippen LogP) is 2.17. The first kappa shape index (κ1) is 9.23. The topological polar surface area (TPSA) is 94.5 Å². The smallest absolute Gasteiger partial charge is 0.259 e. The summed E-state index contributed by atoms with van der Waals surface area (Å²) in [6.07, 6.45) is 1.32. The third kappa shape index (κ3) is 1.43. The van der Waals surface area contributed by atoms with Crippen molar-refractivity contribution >= 4 is 16.6 Å². The molecule has 15 heavy (non-hydrogen) atoms. The van der Waals surface area contributed by atoms with Crippen molar-refractivity contribution in [2.75, 3.05) is 0 Å². The van der Waals surface area contributed by atoms with Gasteiger partial charge < -0.3 is 4.98 Å². The van der Waals surface area contributed by atoms with Gasteiger partial charge in [-0.2, -0.15) is 0 Å². The zero-order valence-electron chi connectivity index (χ0n) is 7.93. The normalized spacial score (nSPS) is 9.93. The van der Waals surface area contributed by atoms with Crippen LogP contribution < -0.4 is 5.56 Å². The Bertz CT molecular complexity index is 624. The zero-order valence-corrected chi connectivity index (χ0v) is 7.93. The van der Waals surface area contributed by atoms with Gasteiger partial charge >= 0.3 is 0 Å². The molecule has 74 valence electrons. The number of azide groups is 1. The van der Waals surface area contributed by atoms with Crippen LogP contribution in [0.4, 0.5) is 5.69 Å². The van der Waals surface area contributed by atoms with Crippen LogP contribution in [-0.4, -0.2) is 9.97 Å². The lowest BCUT2D eigenvalue weighted by atomic mass is 10.1. The van der Waals surface area contributed by atoms with Gasteiger partial charge in [0.1, 0.15) is 0 Å². The maximum absolute atomic E-state index is 11.5. The second kappa shape index (κ2) is 3.43. The summed E-state index contributed by atoms with van der Waals surface area (Å²) in [5.41, 5.74) is 9.73. The Morgan fingerprint density at radius 3 is 3.07 bits per heavy atom. The predicted molar refractivity (Wildman–Crippen MR) is 55.9 cm³/mol. The van der Waals surface area contributed by atoms with Crippen molar-refractivity contribution in [3.05, 3.63) is 44.8 Å². The van der Waals surface area contributed by atoms with Crippen molar-refractivity contribution in [1.82, 2.24) is 9.97 Å². The third-order valence-corrected chi connectivity index (χ3v) is 2.13. The number of nitrogens with one attached hydrogen (secondary N) is 1. The van der Waals surface area contributed by atoms with E-state index in [4.69, 9.17) is 5.53 Å². The van der Waals surface area contributed by atoms with Gasteiger partial charge in [0.25, 0.3) is 5.56 Å². The van der Waals surface area contributed by atoms with Gasteiger partial charge in [0.05, 0.1) is 22.9 Å². The van der Waals surface area contributed by atoms with E-state index in [1.54, 1.807) is 19.1 Å². The molecule has 0 bridgehead atoms. The molecule has 1 heterocycles. The molecule has 6 heteroatoms. The fourth-order valence-corrected chi connectivity index (χ4v) is 1.42. The van der Waals surface area contributed by atoms with E-state index in [9.17, 15) is 4.79 Å². The lowest BCUT2D eigenvalue weighted by molar-refractivity contribution is 1.17. The molecule has 0 atom stereocenters. The summed E-state index contributed by atoms with van der Waals surface area (Å²) in [5.74, 6) is 0. The lowest BCUT2D eigenvalue weighted by Crippen LogP contribution is -2.06. The molecule has 0 saturated carbocycles. The van der Waals surface area contributed by atoms with Gasteiger partial charge in [0.15, 0.2) is 0 Å². The molecule has 2 aromatic rings. The zero-order chi connectivity index (χ0) is 10.8. The van der Waals surface area contributed by atoms with Gasteiger partial charge in [-0.3, -0.25) is 4.79 Å². The van der Waals surface area contributed by atoms with Crippen LogP contribution in [0.1, 0.15) is 5.56 Å². The number of H-pyrrole nitrogens is 1. The van der Waals surface area contributed by atoms with Crippen molar-refractivity contribution in [2.45, 2.75) is 6.92 Å². The van der Waals surface area contributed by atoms with Crippen LogP contribution in [0.15, 0.2) is 28.4 Å². The monoisotopic (exact) mass is 201 g/mol. The van der Waals surface area contributed by atoms with Crippen LogP contribution in [0.25, 0.3) is 21.3 Å². The van der Waals surface area contributed by atoms with E-state index in [-0.39, 0.29) is 5.56 Å². The average molecular weight is 201 g/mol. The quantitative estimate of drug-likeness (QED) is 0.434. The molecular weight excluding hydrogens is 194 g/mol. The van der Waals surface area contributed by atoms with Crippen LogP contribution in [0.2, 0.25) is 0 Å². The average Bonchev–Trinajstić information content (AvgIpc) is 2.23. The largest absolute Gasteiger partial charge is 0.313 e. The summed E-state index contributed by atoms with van der Waals surface area (Å²) in [7, 11) is 0. The summed E-state index contributed by atoms with van der Waals surface area (Å²) < 4.78 is 0. The van der Waals surface area contributed by atoms with E-state index in [1.165, 1.54) is 6.33 Å². The second-order valence-electron chi connectivity index (χ2n) is 3.05. The number of benzene rings is 1. The highest BCUT2D eigenvalue weighted by Gasteiger charge is 2.06. The minimum Gasteiger partial charge on any atom is -0.313 e. The molecule has 6 nitrogen and oxygen atoms in total. The first-order valence-electron chi connectivity index (χ1n) is 4.26. The summed E-state index contributed by atoms with van der Waals surface area (Å²) in [4.78, 5) is 20.7. The number of nitrogens with zero attached hydrogens (tertiary/aromatic N) is 4. The number of hydrogen-bond acceptors (Lipinski definition) is 3. The number of aromatic amines is 1. The molecule has 0 radical (unpaired) electrons. The standard InChI is InChI=1S/C9H7N5O/c1-5-2-3-6-7(8(5)13-14-10)9(15)12-4-11-6/h2-4H,1H3,(H,11,12,15). The molecule has 1 aromatic heterocycles. The first-order valence-corrected chi connectivity index (χ1v) is 4.26. The van der Waals surface area contributed by atoms with Crippen molar-refractivity contribution in [1.29, 1.82) is 0 Å². The molecule has 0 aliphatic carbocycles. The summed E-state index contributed by atoms with van der Waals surface area (Å²) in [5, 5.41) is 3.84. The molecule has 2 rings (SSSR count). The van der Waals surface area contributed by atoms with Crippen LogP contribution in [0, 0.1) is 6.92 Å². The molecule has 0 fully saturated rings. The summed E-state index contributed by atoms with van der Waals surface area (Å²) >= 11 is 0. The highest BCUT2D eigenvalue weighted by Crippen LogP contribution is 2.25. The maximum atomic E-state index is 11.5. The molecule has 1 N–H and O–H groups in total. The maximum Gasteiger partial charge on any atom is 0.259 e. The van der Waals surface area contributed by atoms with E-state index in [0.29, 0.717) is 16.6 Å². The molecule has 0 saturated heterocycles. The summed E-state index contributed by atoms with van der Waals surface area (Å²) in [6, 6.07) is 3.48. The van der Waals surface area contributed by atoms with Crippen LogP contribution in [0.3, 0.4) is 0 Å². The second-order valence-corrected chi connectivity index (χ2v) is 3.05. The van der Waals surface area contributed by atoms with Gasteiger partial charge in [0.2, 0.25) is 0 Å². The van der Waals surface area contributed by atoms with Gasteiger partial charge in [-0.15, -0.1) is 0 Å². The highest BCUT2D eigenvalue weighted by atomic mass is 16.1. The van der Waals surface area contributed by atoms with E-state index in [0.717, 1.165) is 5.56 Å². The Morgan fingerprint density at radius 1 is 1.53 bits per heavy atom. The number of aryl methyl sites for hydroxylation is 1. The fraction of sp³-hybridized carbons (Fsp3) is 0.111. The molecule has 0 spiro atoms. The van der Waals surface area contributed by atoms with Gasteiger partial charge in [-0.1, -0.05) is 11.2 Å². The van der Waals surface area contributed by atoms with Crippen LogP contribution in [-0.2, 0) is 0 Å². The molecule has 0 amide bonds. The Labute approximate surface area is 84.2 Å². The highest BCUT2D eigenvalue weighted by molar-refractivity contribution is 5.90. The van der Waals surface area contributed by atoms with E-state index >= 15 is 0 Å². The third-order valence-electron chi connectivity index (χ3n) is 2.13. The van der Waals surface area contributed by atoms with Gasteiger partial charge in [-0.25, -0.2) is 4.98 Å². The van der Waals surface area contributed by atoms with Crippen molar-refractivity contribution in [2.24, 2.45) is 5.11 Å². The fourth-order valence-electron chi connectivity index (χ4n) is 1.42. The Hall–Kier alpha value is -2.33. The molecule has 0 unspecified atom stereocenters. The van der Waals surface area contributed by atoms with Crippen LogP contribution >= 0.6 is 0 Å². The van der Waals surface area contributed by atoms with Gasteiger partial charge in [-0.05, 0) is 24.1 Å². The Morgan fingerprint density at radius 2 is 2.33 bits per heavy atom. The Kier molecular flexibility index (Phi) is 2.11. The van der Waals surface area contributed by atoms with Crippen LogP contribution in [0.5, 0.6) is 0 Å². The SMILES string of the molecule is Cc1ccc2nc[nH]c(=O)c2c1N=[N+]=[N-]. The van der Waals surface area contributed by atoms with E-state index in [1.807, 2.05) is 0 Å². The first-order chi connectivity index (χ1) is 7.24. The van der Waals surface area contributed by atoms with Crippen molar-refractivity contribution in [3.63, 3.8) is 0 Å².